The van der Waals surface area contributed by atoms with Gasteiger partial charge in [-0.25, -0.2) is 0 Å². The molecule has 2 amide bonds. The molecule has 5 unspecified atom stereocenters. The summed E-state index contributed by atoms with van der Waals surface area (Å²) in [7, 11) is 0. The lowest BCUT2D eigenvalue weighted by molar-refractivity contribution is -0.123. The summed E-state index contributed by atoms with van der Waals surface area (Å²) in [5.41, 5.74) is 9.27. The maximum Gasteiger partial charge on any atom is 0.243 e. The van der Waals surface area contributed by atoms with Crippen LogP contribution in [0.25, 0.3) is 0 Å². The molecule has 2 aliphatic heterocycles. The lowest BCUT2D eigenvalue weighted by Crippen LogP contribution is -2.60. The highest BCUT2D eigenvalue weighted by atomic mass is 16.2. The van der Waals surface area contributed by atoms with Crippen molar-refractivity contribution in [3.05, 3.63) is 29.3 Å². The van der Waals surface area contributed by atoms with Crippen LogP contribution in [0.5, 0.6) is 0 Å². The van der Waals surface area contributed by atoms with Crippen molar-refractivity contribution in [2.24, 2.45) is 23.5 Å². The molecule has 1 saturated heterocycles. The van der Waals surface area contributed by atoms with E-state index in [1.165, 1.54) is 68.9 Å². The second-order valence-electron chi connectivity index (χ2n) is 11.8. The fourth-order valence-corrected chi connectivity index (χ4v) is 7.22. The normalized spacial score (nSPS) is 30.4. The number of rotatable bonds is 7. The van der Waals surface area contributed by atoms with E-state index in [1.807, 2.05) is 0 Å². The second kappa shape index (κ2) is 10.9. The van der Waals surface area contributed by atoms with Crippen molar-refractivity contribution in [1.82, 2.24) is 10.6 Å². The Balaban J connectivity index is 1.25. The predicted molar refractivity (Wildman–Crippen MR) is 140 cm³/mol. The average molecular weight is 481 g/mol. The Bertz CT molecular complexity index is 906. The number of hydrogen-bond donors (Lipinski definition) is 4. The Kier molecular flexibility index (Phi) is 7.66. The molecular formula is C29H44N4O2. The van der Waals surface area contributed by atoms with Gasteiger partial charge in [0.1, 0.15) is 6.04 Å². The number of amides is 2. The number of aryl methyl sites for hydroxylation is 1. The summed E-state index contributed by atoms with van der Waals surface area (Å²) < 4.78 is 0. The van der Waals surface area contributed by atoms with E-state index in [4.69, 9.17) is 5.73 Å². The van der Waals surface area contributed by atoms with Crippen LogP contribution in [-0.4, -0.2) is 36.0 Å². The van der Waals surface area contributed by atoms with Gasteiger partial charge in [-0.1, -0.05) is 63.1 Å². The third-order valence-electron chi connectivity index (χ3n) is 9.22. The first-order valence-corrected chi connectivity index (χ1v) is 14.2. The van der Waals surface area contributed by atoms with Crippen molar-refractivity contribution in [1.29, 1.82) is 0 Å². The van der Waals surface area contributed by atoms with Gasteiger partial charge in [0.15, 0.2) is 0 Å². The SMILES string of the molecule is Cc1cccc2c1NC(C(=O)NC(C1CC1)C1CCC(C3CCCCCCC3)C(CC(N)=O)N1)C2. The topological polar surface area (TPSA) is 96.2 Å². The van der Waals surface area contributed by atoms with E-state index in [0.29, 0.717) is 24.2 Å². The molecule has 0 aromatic heterocycles. The average Bonchev–Trinajstić information content (AvgIpc) is 3.55. The molecule has 5 rings (SSSR count). The minimum atomic E-state index is -0.214. The van der Waals surface area contributed by atoms with Gasteiger partial charge in [-0.05, 0) is 61.5 Å². The fourth-order valence-electron chi connectivity index (χ4n) is 7.22. The van der Waals surface area contributed by atoms with Crippen molar-refractivity contribution in [2.45, 2.75) is 115 Å². The van der Waals surface area contributed by atoms with Crippen LogP contribution >= 0.6 is 0 Å². The summed E-state index contributed by atoms with van der Waals surface area (Å²) >= 11 is 0. The highest BCUT2D eigenvalue weighted by Crippen LogP contribution is 2.41. The lowest BCUT2D eigenvalue weighted by atomic mass is 9.71. The summed E-state index contributed by atoms with van der Waals surface area (Å²) in [5.74, 6) is 1.63. The number of nitrogens with two attached hydrogens (primary N) is 1. The largest absolute Gasteiger partial charge is 0.373 e. The molecule has 192 valence electrons. The number of fused-ring (bicyclic) bond motifs is 1. The smallest absolute Gasteiger partial charge is 0.243 e. The Hall–Kier alpha value is -2.08. The molecule has 2 heterocycles. The van der Waals surface area contributed by atoms with Crippen LogP contribution in [0.4, 0.5) is 5.69 Å². The zero-order valence-electron chi connectivity index (χ0n) is 21.4. The van der Waals surface area contributed by atoms with Crippen molar-refractivity contribution in [3.63, 3.8) is 0 Å². The lowest BCUT2D eigenvalue weighted by Gasteiger charge is -2.44. The molecule has 6 heteroatoms. The standard InChI is InChI=1S/C29H44N4O2/c1-18-8-7-11-21-16-25(32-27(18)21)29(35)33-28(20-12-13-20)23-15-14-22(24(31-23)17-26(30)34)19-9-5-3-2-4-6-10-19/h7-8,11,19-20,22-25,28,31-32H,2-6,9-10,12-17H2,1H3,(H2,30,34)(H,33,35). The van der Waals surface area contributed by atoms with Crippen molar-refractivity contribution in [3.8, 4) is 0 Å². The van der Waals surface area contributed by atoms with E-state index in [-0.39, 0.29) is 36.0 Å². The van der Waals surface area contributed by atoms with E-state index >= 15 is 0 Å². The predicted octanol–water partition coefficient (Wildman–Crippen LogP) is 4.20. The van der Waals surface area contributed by atoms with E-state index in [9.17, 15) is 9.59 Å². The van der Waals surface area contributed by atoms with Crippen LogP contribution < -0.4 is 21.7 Å². The molecule has 5 N–H and O–H groups in total. The van der Waals surface area contributed by atoms with Gasteiger partial charge in [-0.3, -0.25) is 9.59 Å². The first kappa shape index (κ1) is 24.6. The number of carbonyl (C=O) groups excluding carboxylic acids is 2. The first-order chi connectivity index (χ1) is 17.0. The van der Waals surface area contributed by atoms with Gasteiger partial charge >= 0.3 is 0 Å². The summed E-state index contributed by atoms with van der Waals surface area (Å²) in [6, 6.07) is 6.55. The number of carbonyl (C=O) groups is 2. The molecule has 1 aromatic carbocycles. The molecule has 0 bridgehead atoms. The minimum absolute atomic E-state index is 0.105. The summed E-state index contributed by atoms with van der Waals surface area (Å²) in [6.07, 6.45) is 14.9. The Morgan fingerprint density at radius 2 is 1.77 bits per heavy atom. The number of benzene rings is 1. The molecule has 1 aromatic rings. The van der Waals surface area contributed by atoms with Crippen molar-refractivity contribution >= 4 is 17.5 Å². The molecular weight excluding hydrogens is 436 g/mol. The van der Waals surface area contributed by atoms with Crippen LogP contribution in [-0.2, 0) is 16.0 Å². The summed E-state index contributed by atoms with van der Waals surface area (Å²) in [5, 5.41) is 10.8. The Morgan fingerprint density at radius 3 is 2.46 bits per heavy atom. The second-order valence-corrected chi connectivity index (χ2v) is 11.8. The highest BCUT2D eigenvalue weighted by molar-refractivity contribution is 5.88. The van der Waals surface area contributed by atoms with E-state index in [1.54, 1.807) is 0 Å². The monoisotopic (exact) mass is 480 g/mol. The van der Waals surface area contributed by atoms with Crippen LogP contribution in [0, 0.1) is 24.7 Å². The zero-order chi connectivity index (χ0) is 24.4. The van der Waals surface area contributed by atoms with Gasteiger partial charge in [-0.2, -0.15) is 0 Å². The van der Waals surface area contributed by atoms with Crippen LogP contribution in [0.2, 0.25) is 0 Å². The minimum Gasteiger partial charge on any atom is -0.373 e. The number of para-hydroxylation sites is 1. The maximum atomic E-state index is 13.4. The number of nitrogens with one attached hydrogen (secondary N) is 3. The fraction of sp³-hybridized carbons (Fsp3) is 0.724. The highest BCUT2D eigenvalue weighted by Gasteiger charge is 2.44. The van der Waals surface area contributed by atoms with Crippen LogP contribution in [0.3, 0.4) is 0 Å². The first-order valence-electron chi connectivity index (χ1n) is 14.2. The Morgan fingerprint density at radius 1 is 1.03 bits per heavy atom. The molecule has 6 nitrogen and oxygen atoms in total. The summed E-state index contributed by atoms with van der Waals surface area (Å²) in [6.45, 7) is 2.09. The van der Waals surface area contributed by atoms with Gasteiger partial charge < -0.3 is 21.7 Å². The molecule has 0 radical (unpaired) electrons. The molecule has 3 fully saturated rings. The van der Waals surface area contributed by atoms with Gasteiger partial charge in [0, 0.05) is 36.7 Å². The quantitative estimate of drug-likeness (QED) is 0.470. The van der Waals surface area contributed by atoms with E-state index in [2.05, 4.69) is 41.1 Å². The summed E-state index contributed by atoms with van der Waals surface area (Å²) in [4.78, 5) is 25.4. The Labute approximate surface area is 210 Å². The number of piperidine rings is 1. The van der Waals surface area contributed by atoms with Gasteiger partial charge in [0.25, 0.3) is 0 Å². The van der Waals surface area contributed by atoms with Gasteiger partial charge in [0.2, 0.25) is 11.8 Å². The van der Waals surface area contributed by atoms with Crippen molar-refractivity contribution in [2.75, 3.05) is 5.32 Å². The van der Waals surface area contributed by atoms with E-state index < -0.39 is 0 Å². The van der Waals surface area contributed by atoms with Crippen molar-refractivity contribution < 1.29 is 9.59 Å². The van der Waals surface area contributed by atoms with Crippen LogP contribution in [0.1, 0.15) is 88.2 Å². The molecule has 4 aliphatic rings. The third-order valence-corrected chi connectivity index (χ3v) is 9.22. The molecule has 2 saturated carbocycles. The number of primary amides is 1. The number of hydrogen-bond acceptors (Lipinski definition) is 4. The molecule has 5 atom stereocenters. The zero-order valence-corrected chi connectivity index (χ0v) is 21.4. The molecule has 35 heavy (non-hydrogen) atoms. The van der Waals surface area contributed by atoms with Crippen LogP contribution in [0.15, 0.2) is 18.2 Å². The maximum absolute atomic E-state index is 13.4. The molecule has 2 aliphatic carbocycles. The number of anilines is 1. The van der Waals surface area contributed by atoms with Gasteiger partial charge in [-0.15, -0.1) is 0 Å². The third kappa shape index (κ3) is 5.84. The van der Waals surface area contributed by atoms with Gasteiger partial charge in [0.05, 0.1) is 0 Å². The van der Waals surface area contributed by atoms with E-state index in [0.717, 1.165) is 24.9 Å². The molecule has 0 spiro atoms.